The molecule has 20 heavy (non-hydrogen) atoms. The normalized spacial score (nSPS) is 20.6. The number of likely N-dealkylation sites (tertiary alicyclic amines) is 1. The van der Waals surface area contributed by atoms with E-state index in [9.17, 15) is 5.11 Å². The van der Waals surface area contributed by atoms with E-state index >= 15 is 0 Å². The van der Waals surface area contributed by atoms with Gasteiger partial charge in [-0.25, -0.2) is 4.98 Å². The second kappa shape index (κ2) is 5.56. The van der Waals surface area contributed by atoms with Crippen molar-refractivity contribution in [3.63, 3.8) is 0 Å². The fourth-order valence-corrected chi connectivity index (χ4v) is 4.54. The minimum atomic E-state index is -0.636. The van der Waals surface area contributed by atoms with E-state index in [1.807, 2.05) is 13.8 Å². The van der Waals surface area contributed by atoms with Crippen molar-refractivity contribution < 1.29 is 5.11 Å². The molecule has 1 aliphatic heterocycles. The Hall–Kier alpha value is -0.750. The lowest BCUT2D eigenvalue weighted by molar-refractivity contribution is -0.00530. The number of aliphatic hydroxyl groups is 1. The van der Waals surface area contributed by atoms with Gasteiger partial charge in [0.05, 0.1) is 16.2 Å². The maximum absolute atomic E-state index is 10.3. The first-order valence-corrected chi connectivity index (χ1v) is 8.74. The molecule has 0 bridgehead atoms. The fraction of sp³-hybridized carbons (Fsp3) is 0.533. The Balaban J connectivity index is 1.72. The molecule has 108 valence electrons. The summed E-state index contributed by atoms with van der Waals surface area (Å²) in [5, 5.41) is 15.6. The molecule has 3 heterocycles. The molecular weight excluding hydrogens is 288 g/mol. The van der Waals surface area contributed by atoms with E-state index in [4.69, 9.17) is 4.98 Å². The SMILES string of the molecule is CC(C)(O)C1CCCN1Cc1csc(-c2cccs2)n1. The zero-order valence-corrected chi connectivity index (χ0v) is 13.5. The maximum Gasteiger partial charge on any atom is 0.133 e. The summed E-state index contributed by atoms with van der Waals surface area (Å²) in [6, 6.07) is 4.42. The summed E-state index contributed by atoms with van der Waals surface area (Å²) in [5.74, 6) is 0. The third kappa shape index (κ3) is 2.96. The highest BCUT2D eigenvalue weighted by atomic mass is 32.1. The van der Waals surface area contributed by atoms with Crippen molar-refractivity contribution in [2.75, 3.05) is 6.54 Å². The molecule has 1 unspecified atom stereocenters. The van der Waals surface area contributed by atoms with E-state index in [1.165, 1.54) is 4.88 Å². The Kier molecular flexibility index (Phi) is 3.95. The molecule has 1 saturated heterocycles. The second-order valence-corrected chi connectivity index (χ2v) is 7.71. The first-order valence-electron chi connectivity index (χ1n) is 6.99. The van der Waals surface area contributed by atoms with Crippen LogP contribution in [0.3, 0.4) is 0 Å². The Morgan fingerprint density at radius 3 is 3.00 bits per heavy atom. The van der Waals surface area contributed by atoms with Gasteiger partial charge in [0.2, 0.25) is 0 Å². The van der Waals surface area contributed by atoms with Gasteiger partial charge in [0.15, 0.2) is 0 Å². The number of aromatic nitrogens is 1. The largest absolute Gasteiger partial charge is 0.389 e. The number of thiophene rings is 1. The highest BCUT2D eigenvalue weighted by molar-refractivity contribution is 7.20. The van der Waals surface area contributed by atoms with Crippen molar-refractivity contribution >= 4 is 22.7 Å². The van der Waals surface area contributed by atoms with Crippen LogP contribution in [0.2, 0.25) is 0 Å². The Morgan fingerprint density at radius 2 is 2.30 bits per heavy atom. The van der Waals surface area contributed by atoms with Crippen molar-refractivity contribution in [1.29, 1.82) is 0 Å². The summed E-state index contributed by atoms with van der Waals surface area (Å²) in [4.78, 5) is 8.34. The van der Waals surface area contributed by atoms with Crippen molar-refractivity contribution in [2.45, 2.75) is 44.9 Å². The smallest absolute Gasteiger partial charge is 0.133 e. The van der Waals surface area contributed by atoms with Crippen LogP contribution in [0.25, 0.3) is 9.88 Å². The van der Waals surface area contributed by atoms with Crippen LogP contribution in [0.15, 0.2) is 22.9 Å². The molecule has 2 aromatic heterocycles. The van der Waals surface area contributed by atoms with Crippen LogP contribution in [0, 0.1) is 0 Å². The van der Waals surface area contributed by atoms with Gasteiger partial charge in [0, 0.05) is 18.0 Å². The minimum Gasteiger partial charge on any atom is -0.389 e. The van der Waals surface area contributed by atoms with Gasteiger partial charge >= 0.3 is 0 Å². The number of thiazole rings is 1. The van der Waals surface area contributed by atoms with Gasteiger partial charge in [-0.15, -0.1) is 22.7 Å². The first-order chi connectivity index (χ1) is 9.54. The zero-order valence-electron chi connectivity index (χ0n) is 11.9. The quantitative estimate of drug-likeness (QED) is 0.937. The maximum atomic E-state index is 10.3. The average molecular weight is 308 g/mol. The lowest BCUT2D eigenvalue weighted by Gasteiger charge is -2.33. The molecule has 2 aromatic rings. The molecule has 1 atom stereocenters. The number of hydrogen-bond acceptors (Lipinski definition) is 5. The van der Waals surface area contributed by atoms with Crippen molar-refractivity contribution in [3.8, 4) is 9.88 Å². The number of rotatable bonds is 4. The third-order valence-corrected chi connectivity index (χ3v) is 5.76. The second-order valence-electron chi connectivity index (χ2n) is 5.90. The molecule has 1 N–H and O–H groups in total. The molecule has 1 aliphatic rings. The van der Waals surface area contributed by atoms with Gasteiger partial charge in [-0.2, -0.15) is 0 Å². The predicted molar refractivity (Wildman–Crippen MR) is 85.2 cm³/mol. The number of hydrogen-bond donors (Lipinski definition) is 1. The summed E-state index contributed by atoms with van der Waals surface area (Å²) in [7, 11) is 0. The van der Waals surface area contributed by atoms with E-state index in [1.54, 1.807) is 22.7 Å². The van der Waals surface area contributed by atoms with Crippen LogP contribution in [0.1, 0.15) is 32.4 Å². The van der Waals surface area contributed by atoms with E-state index in [2.05, 4.69) is 27.8 Å². The van der Waals surface area contributed by atoms with Crippen LogP contribution in [0.5, 0.6) is 0 Å². The van der Waals surface area contributed by atoms with Crippen LogP contribution in [-0.4, -0.2) is 33.2 Å². The fourth-order valence-electron chi connectivity index (χ4n) is 2.92. The summed E-state index contributed by atoms with van der Waals surface area (Å²) < 4.78 is 0. The molecule has 1 fully saturated rings. The van der Waals surface area contributed by atoms with E-state index in [-0.39, 0.29) is 6.04 Å². The minimum absolute atomic E-state index is 0.245. The van der Waals surface area contributed by atoms with Gasteiger partial charge < -0.3 is 5.11 Å². The van der Waals surface area contributed by atoms with Gasteiger partial charge in [-0.3, -0.25) is 4.90 Å². The summed E-state index contributed by atoms with van der Waals surface area (Å²) in [6.07, 6.45) is 2.24. The summed E-state index contributed by atoms with van der Waals surface area (Å²) >= 11 is 3.44. The van der Waals surface area contributed by atoms with Gasteiger partial charge in [-0.1, -0.05) is 6.07 Å². The molecule has 0 aromatic carbocycles. The molecular formula is C15H20N2OS2. The van der Waals surface area contributed by atoms with Crippen LogP contribution in [0.4, 0.5) is 0 Å². The first kappa shape index (κ1) is 14.2. The third-order valence-electron chi connectivity index (χ3n) is 3.83. The molecule has 5 heteroatoms. The highest BCUT2D eigenvalue weighted by Gasteiger charge is 2.35. The van der Waals surface area contributed by atoms with Gasteiger partial charge in [-0.05, 0) is 44.7 Å². The summed E-state index contributed by atoms with van der Waals surface area (Å²) in [5.41, 5.74) is 0.484. The lowest BCUT2D eigenvalue weighted by Crippen LogP contribution is -2.45. The van der Waals surface area contributed by atoms with E-state index in [0.29, 0.717) is 0 Å². The molecule has 0 aliphatic carbocycles. The molecule has 3 rings (SSSR count). The Labute approximate surface area is 127 Å². The Bertz CT molecular complexity index is 557. The molecule has 0 spiro atoms. The number of nitrogens with zero attached hydrogens (tertiary/aromatic N) is 2. The zero-order chi connectivity index (χ0) is 14.2. The van der Waals surface area contributed by atoms with Crippen LogP contribution >= 0.6 is 22.7 Å². The van der Waals surface area contributed by atoms with Gasteiger partial charge in [0.25, 0.3) is 0 Å². The Morgan fingerprint density at radius 1 is 1.45 bits per heavy atom. The molecule has 3 nitrogen and oxygen atoms in total. The predicted octanol–water partition coefficient (Wildman–Crippen LogP) is 3.61. The van der Waals surface area contributed by atoms with E-state index < -0.39 is 5.60 Å². The van der Waals surface area contributed by atoms with Crippen molar-refractivity contribution in [2.24, 2.45) is 0 Å². The highest BCUT2D eigenvalue weighted by Crippen LogP contribution is 2.31. The van der Waals surface area contributed by atoms with Crippen molar-refractivity contribution in [1.82, 2.24) is 9.88 Å². The van der Waals surface area contributed by atoms with E-state index in [0.717, 1.165) is 36.6 Å². The van der Waals surface area contributed by atoms with Crippen LogP contribution < -0.4 is 0 Å². The van der Waals surface area contributed by atoms with Crippen molar-refractivity contribution in [3.05, 3.63) is 28.6 Å². The molecule has 0 saturated carbocycles. The van der Waals surface area contributed by atoms with Crippen LogP contribution in [-0.2, 0) is 6.54 Å². The standard InChI is InChI=1S/C15H20N2OS2/c1-15(2,18)13-6-3-7-17(13)9-11-10-20-14(16-11)12-5-4-8-19-12/h4-5,8,10,13,18H,3,6-7,9H2,1-2H3. The van der Waals surface area contributed by atoms with Gasteiger partial charge in [0.1, 0.15) is 5.01 Å². The molecule has 0 radical (unpaired) electrons. The average Bonchev–Trinajstić information content (AvgIpc) is 3.08. The summed E-state index contributed by atoms with van der Waals surface area (Å²) in [6.45, 7) is 5.72. The monoisotopic (exact) mass is 308 g/mol. The topological polar surface area (TPSA) is 36.4 Å². The lowest BCUT2D eigenvalue weighted by atomic mass is 9.96. The molecule has 0 amide bonds.